The normalized spacial score (nSPS) is 10.1. The fourth-order valence-corrected chi connectivity index (χ4v) is 1.76. The number of furan rings is 1. The summed E-state index contributed by atoms with van der Waals surface area (Å²) in [5.41, 5.74) is 0.100. The van der Waals surface area contributed by atoms with Gasteiger partial charge in [0.2, 0.25) is 0 Å². The van der Waals surface area contributed by atoms with Crippen molar-refractivity contribution in [3.63, 3.8) is 0 Å². The lowest BCUT2D eigenvalue weighted by Crippen LogP contribution is -2.27. The minimum atomic E-state index is -1.18. The van der Waals surface area contributed by atoms with Crippen LogP contribution < -0.4 is 4.90 Å². The van der Waals surface area contributed by atoms with Crippen LogP contribution in [0.15, 0.2) is 40.8 Å². The molecule has 0 spiro atoms. The molecule has 1 amide bonds. The zero-order valence-electron chi connectivity index (χ0n) is 10.8. The van der Waals surface area contributed by atoms with Gasteiger partial charge in [-0.25, -0.2) is 4.79 Å². The summed E-state index contributed by atoms with van der Waals surface area (Å²) in [7, 11) is 1.36. The van der Waals surface area contributed by atoms with Gasteiger partial charge in [0, 0.05) is 7.05 Å². The number of nitrogens with zero attached hydrogens (tertiary/aromatic N) is 2. The van der Waals surface area contributed by atoms with Gasteiger partial charge >= 0.3 is 11.9 Å². The number of anilines is 1. The van der Waals surface area contributed by atoms with Crippen molar-refractivity contribution >= 4 is 23.4 Å². The number of carbonyl (C=O) groups is 2. The number of hydrogen-bond acceptors (Lipinski definition) is 5. The van der Waals surface area contributed by atoms with E-state index in [9.17, 15) is 19.7 Å². The lowest BCUT2D eigenvalue weighted by atomic mass is 10.1. The van der Waals surface area contributed by atoms with E-state index in [-0.39, 0.29) is 17.0 Å². The Hall–Kier alpha value is -3.16. The van der Waals surface area contributed by atoms with Gasteiger partial charge in [-0.2, -0.15) is 0 Å². The largest absolute Gasteiger partial charge is 0.478 e. The third-order valence-electron chi connectivity index (χ3n) is 2.78. The fourth-order valence-electron chi connectivity index (χ4n) is 1.76. The van der Waals surface area contributed by atoms with E-state index in [0.717, 1.165) is 11.0 Å². The molecule has 0 unspecified atom stereocenters. The van der Waals surface area contributed by atoms with Crippen molar-refractivity contribution in [1.29, 1.82) is 0 Å². The number of carboxylic acids is 1. The van der Waals surface area contributed by atoms with E-state index in [1.54, 1.807) is 6.07 Å². The van der Waals surface area contributed by atoms with Gasteiger partial charge in [0.05, 0.1) is 17.3 Å². The molecule has 1 aromatic heterocycles. The van der Waals surface area contributed by atoms with Gasteiger partial charge in [-0.1, -0.05) is 12.1 Å². The molecule has 8 nitrogen and oxygen atoms in total. The van der Waals surface area contributed by atoms with Crippen molar-refractivity contribution in [1.82, 2.24) is 0 Å². The van der Waals surface area contributed by atoms with E-state index in [4.69, 9.17) is 9.52 Å². The summed E-state index contributed by atoms with van der Waals surface area (Å²) < 4.78 is 4.81. The number of benzene rings is 1. The first kappa shape index (κ1) is 14.3. The number of hydrogen-bond donors (Lipinski definition) is 1. The molecular weight excluding hydrogens is 280 g/mol. The van der Waals surface area contributed by atoms with Crippen LogP contribution in [0.3, 0.4) is 0 Å². The van der Waals surface area contributed by atoms with Crippen molar-refractivity contribution in [3.8, 4) is 0 Å². The standard InChI is InChI=1S/C13H10N2O6/c1-14(9-5-3-2-4-8(9)13(17)18)12(16)10-6-7-11(21-10)15(19)20/h2-7H,1H3,(H,17,18). The molecule has 108 valence electrons. The second kappa shape index (κ2) is 5.45. The maximum absolute atomic E-state index is 12.2. The van der Waals surface area contributed by atoms with Crippen molar-refractivity contribution in [3.05, 3.63) is 57.8 Å². The van der Waals surface area contributed by atoms with E-state index >= 15 is 0 Å². The second-order valence-electron chi connectivity index (χ2n) is 4.08. The topological polar surface area (TPSA) is 114 Å². The molecule has 0 aliphatic rings. The Kier molecular flexibility index (Phi) is 3.70. The van der Waals surface area contributed by atoms with E-state index in [0.29, 0.717) is 0 Å². The summed E-state index contributed by atoms with van der Waals surface area (Å²) in [4.78, 5) is 34.1. The summed E-state index contributed by atoms with van der Waals surface area (Å²) in [6.07, 6.45) is 0. The summed E-state index contributed by atoms with van der Waals surface area (Å²) in [5, 5.41) is 19.6. The zero-order chi connectivity index (χ0) is 15.6. The van der Waals surface area contributed by atoms with Crippen LogP contribution in [0.2, 0.25) is 0 Å². The molecule has 1 N–H and O–H groups in total. The van der Waals surface area contributed by atoms with Gasteiger partial charge in [0.1, 0.15) is 4.92 Å². The minimum Gasteiger partial charge on any atom is -0.478 e. The number of para-hydroxylation sites is 1. The Bertz CT molecular complexity index is 721. The van der Waals surface area contributed by atoms with Crippen molar-refractivity contribution in [2.45, 2.75) is 0 Å². The summed E-state index contributed by atoms with van der Waals surface area (Å²) >= 11 is 0. The SMILES string of the molecule is CN(C(=O)c1ccc([N+](=O)[O-])o1)c1ccccc1C(=O)O. The zero-order valence-corrected chi connectivity index (χ0v) is 10.8. The number of aromatic carboxylic acids is 1. The molecule has 0 radical (unpaired) electrons. The van der Waals surface area contributed by atoms with E-state index in [1.807, 2.05) is 0 Å². The van der Waals surface area contributed by atoms with Gasteiger partial charge in [-0.15, -0.1) is 0 Å². The first-order valence-corrected chi connectivity index (χ1v) is 5.76. The highest BCUT2D eigenvalue weighted by molar-refractivity contribution is 6.07. The first-order valence-electron chi connectivity index (χ1n) is 5.76. The summed E-state index contributed by atoms with van der Waals surface area (Å²) in [5.74, 6) is -2.67. The maximum Gasteiger partial charge on any atom is 0.433 e. The molecule has 8 heteroatoms. The molecule has 0 bridgehead atoms. The number of nitro groups is 1. The highest BCUT2D eigenvalue weighted by atomic mass is 16.6. The van der Waals surface area contributed by atoms with Crippen LogP contribution in [0.25, 0.3) is 0 Å². The van der Waals surface area contributed by atoms with Gasteiger partial charge in [0.25, 0.3) is 5.91 Å². The van der Waals surface area contributed by atoms with Gasteiger partial charge in [-0.05, 0) is 18.2 Å². The van der Waals surface area contributed by atoms with Gasteiger partial charge in [0.15, 0.2) is 5.76 Å². The van der Waals surface area contributed by atoms with E-state index < -0.39 is 22.7 Å². The smallest absolute Gasteiger partial charge is 0.433 e. The first-order chi connectivity index (χ1) is 9.91. The molecule has 1 heterocycles. The third-order valence-corrected chi connectivity index (χ3v) is 2.78. The van der Waals surface area contributed by atoms with Crippen molar-refractivity contribution < 1.29 is 24.0 Å². The fraction of sp³-hybridized carbons (Fsp3) is 0.0769. The maximum atomic E-state index is 12.2. The molecule has 21 heavy (non-hydrogen) atoms. The predicted molar refractivity (Wildman–Crippen MR) is 71.5 cm³/mol. The Labute approximate surface area is 118 Å². The highest BCUT2D eigenvalue weighted by Gasteiger charge is 2.23. The monoisotopic (exact) mass is 290 g/mol. The number of carbonyl (C=O) groups excluding carboxylic acids is 1. The average Bonchev–Trinajstić information content (AvgIpc) is 2.95. The molecule has 0 saturated carbocycles. The van der Waals surface area contributed by atoms with Gasteiger partial charge < -0.3 is 14.4 Å². The number of rotatable bonds is 4. The summed E-state index contributed by atoms with van der Waals surface area (Å²) in [6.45, 7) is 0. The Morgan fingerprint density at radius 2 is 1.90 bits per heavy atom. The Morgan fingerprint density at radius 3 is 2.48 bits per heavy atom. The molecule has 0 fully saturated rings. The van der Waals surface area contributed by atoms with Crippen LogP contribution in [0, 0.1) is 10.1 Å². The van der Waals surface area contributed by atoms with Crippen LogP contribution >= 0.6 is 0 Å². The average molecular weight is 290 g/mol. The van der Waals surface area contributed by atoms with Crippen LogP contribution in [0.1, 0.15) is 20.9 Å². The number of amides is 1. The molecule has 1 aromatic carbocycles. The van der Waals surface area contributed by atoms with Crippen LogP contribution in [-0.2, 0) is 0 Å². The van der Waals surface area contributed by atoms with Crippen molar-refractivity contribution in [2.24, 2.45) is 0 Å². The second-order valence-corrected chi connectivity index (χ2v) is 4.08. The highest BCUT2D eigenvalue weighted by Crippen LogP contribution is 2.23. The molecule has 0 atom stereocenters. The van der Waals surface area contributed by atoms with Crippen LogP contribution in [-0.4, -0.2) is 29.0 Å². The van der Waals surface area contributed by atoms with Crippen LogP contribution in [0.4, 0.5) is 11.6 Å². The Morgan fingerprint density at radius 1 is 1.24 bits per heavy atom. The lowest BCUT2D eigenvalue weighted by Gasteiger charge is -2.17. The van der Waals surface area contributed by atoms with Crippen LogP contribution in [0.5, 0.6) is 0 Å². The molecule has 0 aliphatic heterocycles. The quantitative estimate of drug-likeness (QED) is 0.681. The molecule has 0 aliphatic carbocycles. The summed E-state index contributed by atoms with van der Waals surface area (Å²) in [6, 6.07) is 8.15. The molecule has 2 aromatic rings. The minimum absolute atomic E-state index is 0.0607. The molecular formula is C13H10N2O6. The van der Waals surface area contributed by atoms with Gasteiger partial charge in [-0.3, -0.25) is 14.9 Å². The predicted octanol–water partition coefficient (Wildman–Crippen LogP) is 2.16. The molecule has 0 saturated heterocycles. The van der Waals surface area contributed by atoms with E-state index in [1.165, 1.54) is 31.3 Å². The lowest BCUT2D eigenvalue weighted by molar-refractivity contribution is -0.402. The third kappa shape index (κ3) is 2.73. The molecule has 2 rings (SSSR count). The van der Waals surface area contributed by atoms with E-state index in [2.05, 4.69) is 0 Å². The Balaban J connectivity index is 2.35. The van der Waals surface area contributed by atoms with Crippen molar-refractivity contribution in [2.75, 3.05) is 11.9 Å². The number of carboxylic acid groups (broad SMARTS) is 1.